The van der Waals surface area contributed by atoms with E-state index in [1.54, 1.807) is 29.1 Å². The lowest BCUT2D eigenvalue weighted by molar-refractivity contribution is 0.573. The van der Waals surface area contributed by atoms with Crippen molar-refractivity contribution in [3.05, 3.63) is 53.3 Å². The van der Waals surface area contributed by atoms with Crippen LogP contribution in [0.1, 0.15) is 11.6 Å². The molecule has 0 aliphatic rings. The van der Waals surface area contributed by atoms with E-state index in [1.807, 2.05) is 0 Å². The summed E-state index contributed by atoms with van der Waals surface area (Å²) in [7, 11) is 0. The van der Waals surface area contributed by atoms with Gasteiger partial charge in [-0.25, -0.2) is 9.37 Å². The minimum Gasteiger partial charge on any atom is -0.322 e. The third-order valence-electron chi connectivity index (χ3n) is 2.36. The van der Waals surface area contributed by atoms with Gasteiger partial charge in [0, 0.05) is 25.0 Å². The maximum atomic E-state index is 12.7. The molecule has 3 nitrogen and oxygen atoms in total. The Bertz CT molecular complexity index is 466. The Morgan fingerprint density at radius 3 is 2.62 bits per heavy atom. The molecular weight excluding hydrogens is 229 g/mol. The molecule has 84 valence electrons. The Morgan fingerprint density at radius 2 is 2.06 bits per heavy atom. The van der Waals surface area contributed by atoms with Gasteiger partial charge in [-0.05, 0) is 29.3 Å². The second-order valence-electron chi connectivity index (χ2n) is 3.51. The van der Waals surface area contributed by atoms with E-state index in [2.05, 4.69) is 4.98 Å². The lowest BCUT2D eigenvalue weighted by Gasteiger charge is -2.13. The predicted molar refractivity (Wildman–Crippen MR) is 60.6 cm³/mol. The lowest BCUT2D eigenvalue weighted by Crippen LogP contribution is -2.17. The van der Waals surface area contributed by atoms with E-state index in [0.717, 1.165) is 5.56 Å². The number of imidazole rings is 1. The Kier molecular flexibility index (Phi) is 3.22. The summed E-state index contributed by atoms with van der Waals surface area (Å²) in [5, 5.41) is 0.401. The molecule has 0 fully saturated rings. The molecular formula is C11H11ClFN3. The topological polar surface area (TPSA) is 43.8 Å². The molecule has 0 amide bonds. The van der Waals surface area contributed by atoms with Crippen LogP contribution < -0.4 is 5.73 Å². The van der Waals surface area contributed by atoms with Crippen molar-refractivity contribution in [2.75, 3.05) is 0 Å². The minimum absolute atomic E-state index is 0.229. The number of hydrogen-bond donors (Lipinski definition) is 1. The minimum atomic E-state index is -0.267. The second kappa shape index (κ2) is 4.63. The third kappa shape index (κ3) is 2.40. The van der Waals surface area contributed by atoms with Crippen molar-refractivity contribution in [1.82, 2.24) is 9.55 Å². The van der Waals surface area contributed by atoms with Crippen molar-refractivity contribution in [3.63, 3.8) is 0 Å². The third-order valence-corrected chi connectivity index (χ3v) is 2.67. The molecule has 1 unspecified atom stereocenters. The summed E-state index contributed by atoms with van der Waals surface area (Å²) in [6.07, 6.45) is 3.37. The summed E-state index contributed by atoms with van der Waals surface area (Å²) in [5.74, 6) is -0.267. The largest absolute Gasteiger partial charge is 0.322 e. The SMILES string of the molecule is NC(Cn1ccnc1Cl)c1ccc(F)cc1. The first kappa shape index (κ1) is 11.1. The summed E-state index contributed by atoms with van der Waals surface area (Å²) in [4.78, 5) is 3.89. The smallest absolute Gasteiger partial charge is 0.202 e. The number of aromatic nitrogens is 2. The summed E-state index contributed by atoms with van der Waals surface area (Å²) in [6.45, 7) is 0.518. The van der Waals surface area contributed by atoms with E-state index in [1.165, 1.54) is 12.1 Å². The molecule has 2 N–H and O–H groups in total. The zero-order chi connectivity index (χ0) is 11.5. The molecule has 0 saturated heterocycles. The van der Waals surface area contributed by atoms with Crippen LogP contribution in [0.2, 0.25) is 5.28 Å². The molecule has 0 bridgehead atoms. The number of benzene rings is 1. The first-order chi connectivity index (χ1) is 7.66. The van der Waals surface area contributed by atoms with Gasteiger partial charge in [-0.1, -0.05) is 12.1 Å². The van der Waals surface area contributed by atoms with Crippen molar-refractivity contribution < 1.29 is 4.39 Å². The zero-order valence-electron chi connectivity index (χ0n) is 8.48. The highest BCUT2D eigenvalue weighted by Crippen LogP contribution is 2.15. The molecule has 0 aliphatic carbocycles. The van der Waals surface area contributed by atoms with Crippen LogP contribution >= 0.6 is 11.6 Å². The summed E-state index contributed by atoms with van der Waals surface area (Å²) in [5.41, 5.74) is 6.84. The monoisotopic (exact) mass is 239 g/mol. The Balaban J connectivity index is 2.11. The van der Waals surface area contributed by atoms with Gasteiger partial charge in [0.15, 0.2) is 0 Å². The van der Waals surface area contributed by atoms with Crippen molar-refractivity contribution in [2.24, 2.45) is 5.73 Å². The van der Waals surface area contributed by atoms with Gasteiger partial charge in [0.05, 0.1) is 0 Å². The fourth-order valence-electron chi connectivity index (χ4n) is 1.47. The molecule has 1 atom stereocenters. The van der Waals surface area contributed by atoms with Crippen LogP contribution in [0, 0.1) is 5.82 Å². The Labute approximate surface area is 97.7 Å². The van der Waals surface area contributed by atoms with E-state index in [0.29, 0.717) is 11.8 Å². The van der Waals surface area contributed by atoms with Crippen LogP contribution in [0.15, 0.2) is 36.7 Å². The molecule has 2 aromatic rings. The van der Waals surface area contributed by atoms with E-state index in [9.17, 15) is 4.39 Å². The molecule has 16 heavy (non-hydrogen) atoms. The zero-order valence-corrected chi connectivity index (χ0v) is 9.23. The van der Waals surface area contributed by atoms with Crippen LogP contribution in [0.5, 0.6) is 0 Å². The van der Waals surface area contributed by atoms with Crippen LogP contribution in [0.3, 0.4) is 0 Å². The molecule has 0 saturated carbocycles. The molecule has 5 heteroatoms. The predicted octanol–water partition coefficient (Wildman–Crippen LogP) is 2.38. The maximum absolute atomic E-state index is 12.7. The quantitative estimate of drug-likeness (QED) is 0.894. The van der Waals surface area contributed by atoms with Gasteiger partial charge in [0.2, 0.25) is 5.28 Å². The molecule has 2 rings (SSSR count). The van der Waals surface area contributed by atoms with Gasteiger partial charge >= 0.3 is 0 Å². The molecule has 0 radical (unpaired) electrons. The number of hydrogen-bond acceptors (Lipinski definition) is 2. The summed E-state index contributed by atoms with van der Waals surface area (Å²) >= 11 is 5.83. The highest BCUT2D eigenvalue weighted by molar-refractivity contribution is 6.28. The van der Waals surface area contributed by atoms with Gasteiger partial charge in [0.25, 0.3) is 0 Å². The van der Waals surface area contributed by atoms with Gasteiger partial charge < -0.3 is 10.3 Å². The highest BCUT2D eigenvalue weighted by atomic mass is 35.5. The first-order valence-electron chi connectivity index (χ1n) is 4.84. The maximum Gasteiger partial charge on any atom is 0.202 e. The molecule has 0 spiro atoms. The molecule has 1 heterocycles. The Hall–Kier alpha value is -1.39. The number of nitrogens with two attached hydrogens (primary N) is 1. The Morgan fingerprint density at radius 1 is 1.38 bits per heavy atom. The van der Waals surface area contributed by atoms with E-state index < -0.39 is 0 Å². The molecule has 0 aliphatic heterocycles. The van der Waals surface area contributed by atoms with Crippen LogP contribution in [-0.2, 0) is 6.54 Å². The number of halogens is 2. The van der Waals surface area contributed by atoms with Crippen molar-refractivity contribution in [2.45, 2.75) is 12.6 Å². The summed E-state index contributed by atoms with van der Waals surface area (Å²) < 4.78 is 14.5. The second-order valence-corrected chi connectivity index (χ2v) is 3.84. The van der Waals surface area contributed by atoms with E-state index in [4.69, 9.17) is 17.3 Å². The molecule has 1 aromatic heterocycles. The van der Waals surface area contributed by atoms with E-state index in [-0.39, 0.29) is 11.9 Å². The fourth-order valence-corrected chi connectivity index (χ4v) is 1.66. The highest BCUT2D eigenvalue weighted by Gasteiger charge is 2.08. The van der Waals surface area contributed by atoms with Gasteiger partial charge in [0.1, 0.15) is 5.82 Å². The van der Waals surface area contributed by atoms with Gasteiger partial charge in [-0.3, -0.25) is 0 Å². The number of rotatable bonds is 3. The van der Waals surface area contributed by atoms with Crippen LogP contribution in [0.25, 0.3) is 0 Å². The first-order valence-corrected chi connectivity index (χ1v) is 5.22. The fraction of sp³-hybridized carbons (Fsp3) is 0.182. The van der Waals surface area contributed by atoms with Crippen molar-refractivity contribution in [1.29, 1.82) is 0 Å². The van der Waals surface area contributed by atoms with Gasteiger partial charge in [-0.2, -0.15) is 0 Å². The average Bonchev–Trinajstić information content (AvgIpc) is 2.65. The van der Waals surface area contributed by atoms with Crippen LogP contribution in [-0.4, -0.2) is 9.55 Å². The van der Waals surface area contributed by atoms with E-state index >= 15 is 0 Å². The standard InChI is InChI=1S/C11H11ClFN3/c12-11-15-5-6-16(11)7-10(14)8-1-3-9(13)4-2-8/h1-6,10H,7,14H2. The average molecular weight is 240 g/mol. The normalized spacial score (nSPS) is 12.7. The summed E-state index contributed by atoms with van der Waals surface area (Å²) in [6, 6.07) is 5.90. The van der Waals surface area contributed by atoms with Gasteiger partial charge in [-0.15, -0.1) is 0 Å². The van der Waals surface area contributed by atoms with Crippen LogP contribution in [0.4, 0.5) is 4.39 Å². The number of nitrogens with zero attached hydrogens (tertiary/aromatic N) is 2. The van der Waals surface area contributed by atoms with Crippen molar-refractivity contribution in [3.8, 4) is 0 Å². The molecule has 1 aromatic carbocycles. The lowest BCUT2D eigenvalue weighted by atomic mass is 10.1. The van der Waals surface area contributed by atoms with Crippen molar-refractivity contribution >= 4 is 11.6 Å².